The first-order chi connectivity index (χ1) is 7.76. The minimum Gasteiger partial charge on any atom is -0.493 e. The van der Waals surface area contributed by atoms with Crippen LogP contribution in [0.3, 0.4) is 0 Å². The van der Waals surface area contributed by atoms with Gasteiger partial charge in [0, 0.05) is 6.04 Å². The van der Waals surface area contributed by atoms with E-state index in [0.717, 1.165) is 29.4 Å². The molecule has 0 amide bonds. The maximum Gasteiger partial charge on any atom is 0.171 e. The normalized spacial score (nSPS) is 18.9. The highest BCUT2D eigenvalue weighted by Gasteiger charge is 2.19. The van der Waals surface area contributed by atoms with E-state index in [1.165, 1.54) is 0 Å². The molecule has 0 radical (unpaired) electrons. The van der Waals surface area contributed by atoms with Crippen LogP contribution in [0, 0.1) is 0 Å². The van der Waals surface area contributed by atoms with Gasteiger partial charge in [-0.2, -0.15) is 0 Å². The number of ether oxygens (including phenoxy) is 2. The number of aliphatic imine (C=N–C) groups is 1. The van der Waals surface area contributed by atoms with Crippen molar-refractivity contribution in [2.24, 2.45) is 4.99 Å². The van der Waals surface area contributed by atoms with Crippen LogP contribution < -0.4 is 14.8 Å². The third-order valence-corrected chi connectivity index (χ3v) is 2.56. The quantitative estimate of drug-likeness (QED) is 0.838. The summed E-state index contributed by atoms with van der Waals surface area (Å²) in [4.78, 5) is 4.44. The highest BCUT2D eigenvalue weighted by Crippen LogP contribution is 2.31. The molecule has 0 aromatic heterocycles. The van der Waals surface area contributed by atoms with Gasteiger partial charge in [-0.1, -0.05) is 6.07 Å². The number of hydrogen-bond acceptors (Lipinski definition) is 4. The van der Waals surface area contributed by atoms with Crippen LogP contribution in [-0.2, 0) is 0 Å². The van der Waals surface area contributed by atoms with E-state index in [2.05, 4.69) is 17.2 Å². The number of para-hydroxylation sites is 1. The maximum atomic E-state index is 5.37. The van der Waals surface area contributed by atoms with E-state index in [1.54, 1.807) is 14.2 Å². The summed E-state index contributed by atoms with van der Waals surface area (Å²) in [6.45, 7) is 2.90. The summed E-state index contributed by atoms with van der Waals surface area (Å²) in [5.41, 5.74) is 0.950. The Hall–Kier alpha value is -1.71. The smallest absolute Gasteiger partial charge is 0.171 e. The number of amidine groups is 1. The molecule has 1 aliphatic heterocycles. The van der Waals surface area contributed by atoms with E-state index in [4.69, 9.17) is 9.47 Å². The first-order valence-corrected chi connectivity index (χ1v) is 5.28. The van der Waals surface area contributed by atoms with Crippen molar-refractivity contribution in [2.45, 2.75) is 13.0 Å². The zero-order valence-corrected chi connectivity index (χ0v) is 9.78. The van der Waals surface area contributed by atoms with Gasteiger partial charge < -0.3 is 14.8 Å². The average Bonchev–Trinajstić information content (AvgIpc) is 2.74. The fourth-order valence-electron chi connectivity index (χ4n) is 1.79. The zero-order chi connectivity index (χ0) is 11.5. The number of rotatable bonds is 3. The van der Waals surface area contributed by atoms with Gasteiger partial charge in [-0.15, -0.1) is 0 Å². The molecule has 1 aromatic carbocycles. The molecule has 1 heterocycles. The van der Waals surface area contributed by atoms with Gasteiger partial charge in [0.2, 0.25) is 0 Å². The Balaban J connectivity index is 2.40. The highest BCUT2D eigenvalue weighted by molar-refractivity contribution is 6.03. The minimum atomic E-state index is 0.380. The van der Waals surface area contributed by atoms with Crippen LogP contribution in [0.1, 0.15) is 12.5 Å². The molecular formula is C12H16N2O2. The zero-order valence-electron chi connectivity index (χ0n) is 9.78. The van der Waals surface area contributed by atoms with Gasteiger partial charge in [0.15, 0.2) is 11.5 Å². The topological polar surface area (TPSA) is 42.8 Å². The molecule has 1 aromatic rings. The molecule has 4 heteroatoms. The minimum absolute atomic E-state index is 0.380. The fraction of sp³-hybridized carbons (Fsp3) is 0.417. The molecule has 0 saturated carbocycles. The Morgan fingerprint density at radius 1 is 1.31 bits per heavy atom. The van der Waals surface area contributed by atoms with Crippen LogP contribution in [-0.4, -0.2) is 32.6 Å². The Morgan fingerprint density at radius 3 is 2.69 bits per heavy atom. The summed E-state index contributed by atoms with van der Waals surface area (Å²) in [5.74, 6) is 2.33. The summed E-state index contributed by atoms with van der Waals surface area (Å²) in [7, 11) is 3.27. The molecule has 4 nitrogen and oxygen atoms in total. The van der Waals surface area contributed by atoms with Gasteiger partial charge in [0.25, 0.3) is 0 Å². The summed E-state index contributed by atoms with van der Waals surface area (Å²) >= 11 is 0. The molecule has 0 aliphatic carbocycles. The monoisotopic (exact) mass is 220 g/mol. The van der Waals surface area contributed by atoms with Crippen LogP contribution in [0.4, 0.5) is 0 Å². The maximum absolute atomic E-state index is 5.37. The number of methoxy groups -OCH3 is 2. The van der Waals surface area contributed by atoms with Crippen molar-refractivity contribution in [2.75, 3.05) is 20.8 Å². The number of hydrogen-bond donors (Lipinski definition) is 1. The summed E-state index contributed by atoms with van der Waals surface area (Å²) in [6.07, 6.45) is 0. The Labute approximate surface area is 95.3 Å². The fourth-order valence-corrected chi connectivity index (χ4v) is 1.79. The number of benzene rings is 1. The Bertz CT molecular complexity index is 415. The summed E-state index contributed by atoms with van der Waals surface area (Å²) in [5, 5.41) is 3.31. The lowest BCUT2D eigenvalue weighted by atomic mass is 10.1. The van der Waals surface area contributed by atoms with Crippen molar-refractivity contribution in [3.05, 3.63) is 23.8 Å². The van der Waals surface area contributed by atoms with Gasteiger partial charge >= 0.3 is 0 Å². The number of nitrogens with zero attached hydrogens (tertiary/aromatic N) is 1. The molecule has 86 valence electrons. The van der Waals surface area contributed by atoms with Gasteiger partial charge in [-0.25, -0.2) is 0 Å². The van der Waals surface area contributed by atoms with E-state index in [9.17, 15) is 0 Å². The van der Waals surface area contributed by atoms with E-state index in [1.807, 2.05) is 18.2 Å². The SMILES string of the molecule is COc1cccc(C2=NCC(C)N2)c1OC. The molecular weight excluding hydrogens is 204 g/mol. The molecule has 1 unspecified atom stereocenters. The van der Waals surface area contributed by atoms with Crippen LogP contribution in [0.25, 0.3) is 0 Å². The van der Waals surface area contributed by atoms with Crippen molar-refractivity contribution in [3.8, 4) is 11.5 Å². The second-order valence-electron chi connectivity index (χ2n) is 3.78. The second kappa shape index (κ2) is 4.43. The lowest BCUT2D eigenvalue weighted by Crippen LogP contribution is -2.28. The molecule has 1 atom stereocenters. The molecule has 0 bridgehead atoms. The third-order valence-electron chi connectivity index (χ3n) is 2.56. The molecule has 0 fully saturated rings. The standard InChI is InChI=1S/C12H16N2O2/c1-8-7-13-12(14-8)9-5-4-6-10(15-2)11(9)16-3/h4-6,8H,7H2,1-3H3,(H,13,14). The van der Waals surface area contributed by atoms with Crippen molar-refractivity contribution >= 4 is 5.84 Å². The van der Waals surface area contributed by atoms with Gasteiger partial charge in [-0.05, 0) is 19.1 Å². The van der Waals surface area contributed by atoms with Crippen LogP contribution in [0.2, 0.25) is 0 Å². The second-order valence-corrected chi connectivity index (χ2v) is 3.78. The molecule has 1 N–H and O–H groups in total. The number of nitrogens with one attached hydrogen (secondary N) is 1. The summed E-state index contributed by atoms with van der Waals surface area (Å²) < 4.78 is 10.6. The van der Waals surface area contributed by atoms with Crippen LogP contribution >= 0.6 is 0 Å². The Morgan fingerprint density at radius 2 is 2.12 bits per heavy atom. The summed E-state index contributed by atoms with van der Waals surface area (Å²) in [6, 6.07) is 6.17. The predicted molar refractivity (Wildman–Crippen MR) is 63.5 cm³/mol. The van der Waals surface area contributed by atoms with E-state index in [-0.39, 0.29) is 0 Å². The average molecular weight is 220 g/mol. The highest BCUT2D eigenvalue weighted by atomic mass is 16.5. The molecule has 1 aliphatic rings. The van der Waals surface area contributed by atoms with E-state index in [0.29, 0.717) is 6.04 Å². The third kappa shape index (κ3) is 1.83. The van der Waals surface area contributed by atoms with E-state index >= 15 is 0 Å². The largest absolute Gasteiger partial charge is 0.493 e. The van der Waals surface area contributed by atoms with Crippen LogP contribution in [0.15, 0.2) is 23.2 Å². The first-order valence-electron chi connectivity index (χ1n) is 5.28. The van der Waals surface area contributed by atoms with Crippen molar-refractivity contribution in [1.29, 1.82) is 0 Å². The van der Waals surface area contributed by atoms with Crippen molar-refractivity contribution < 1.29 is 9.47 Å². The molecule has 0 spiro atoms. The van der Waals surface area contributed by atoms with Crippen molar-refractivity contribution in [3.63, 3.8) is 0 Å². The van der Waals surface area contributed by atoms with E-state index < -0.39 is 0 Å². The molecule has 16 heavy (non-hydrogen) atoms. The molecule has 0 saturated heterocycles. The lowest BCUT2D eigenvalue weighted by molar-refractivity contribution is 0.354. The van der Waals surface area contributed by atoms with Crippen molar-refractivity contribution in [1.82, 2.24) is 5.32 Å². The predicted octanol–water partition coefficient (Wildman–Crippen LogP) is 1.44. The van der Waals surface area contributed by atoms with Gasteiger partial charge in [-0.3, -0.25) is 4.99 Å². The lowest BCUT2D eigenvalue weighted by Gasteiger charge is -2.13. The Kier molecular flexibility index (Phi) is 2.99. The van der Waals surface area contributed by atoms with Gasteiger partial charge in [0.05, 0.1) is 26.3 Å². The molecule has 2 rings (SSSR count). The first kappa shape index (κ1) is 10.8. The van der Waals surface area contributed by atoms with Gasteiger partial charge in [0.1, 0.15) is 5.84 Å². The van der Waals surface area contributed by atoms with Crippen LogP contribution in [0.5, 0.6) is 11.5 Å².